The summed E-state index contributed by atoms with van der Waals surface area (Å²) in [5.41, 5.74) is 3.77. The number of nitriles is 1. The number of ether oxygens (including phenoxy) is 2. The molecule has 2 unspecified atom stereocenters. The van der Waals surface area contributed by atoms with Crippen LogP contribution >= 0.6 is 0 Å². The monoisotopic (exact) mass is 388 g/mol. The molecule has 29 heavy (non-hydrogen) atoms. The normalized spacial score (nSPS) is 20.4. The van der Waals surface area contributed by atoms with E-state index in [2.05, 4.69) is 12.1 Å². The second-order valence-corrected chi connectivity index (χ2v) is 7.52. The average molecular weight is 388 g/mol. The second kappa shape index (κ2) is 8.40. The van der Waals surface area contributed by atoms with Gasteiger partial charge in [0.15, 0.2) is 0 Å². The molecule has 5 heteroatoms. The zero-order valence-electron chi connectivity index (χ0n) is 16.5. The highest BCUT2D eigenvalue weighted by molar-refractivity contribution is 5.75. The lowest BCUT2D eigenvalue weighted by Gasteiger charge is -2.44. The van der Waals surface area contributed by atoms with Gasteiger partial charge >= 0.3 is 6.09 Å². The maximum Gasteiger partial charge on any atom is 0.410 e. The lowest BCUT2D eigenvalue weighted by atomic mass is 9.83. The van der Waals surface area contributed by atoms with Gasteiger partial charge in [-0.05, 0) is 54.5 Å². The molecule has 0 spiro atoms. The number of hydrogen-bond acceptors (Lipinski definition) is 4. The van der Waals surface area contributed by atoms with Gasteiger partial charge in [-0.15, -0.1) is 0 Å². The Kier molecular flexibility index (Phi) is 5.53. The van der Waals surface area contributed by atoms with Crippen molar-refractivity contribution in [2.45, 2.75) is 44.4 Å². The van der Waals surface area contributed by atoms with Crippen LogP contribution in [0, 0.1) is 11.3 Å². The van der Waals surface area contributed by atoms with Crippen molar-refractivity contribution in [1.29, 1.82) is 5.26 Å². The molecule has 2 heterocycles. The molecule has 5 nitrogen and oxygen atoms in total. The highest BCUT2D eigenvalue weighted by Gasteiger charge is 2.38. The minimum Gasteiger partial charge on any atom is -0.495 e. The lowest BCUT2D eigenvalue weighted by Crippen LogP contribution is -2.51. The topological polar surface area (TPSA) is 62.6 Å². The minimum absolute atomic E-state index is 0.0439. The largest absolute Gasteiger partial charge is 0.495 e. The summed E-state index contributed by atoms with van der Waals surface area (Å²) in [5, 5.41) is 9.21. The van der Waals surface area contributed by atoms with Gasteiger partial charge in [0.05, 0.1) is 18.7 Å². The van der Waals surface area contributed by atoms with Crippen LogP contribution in [0.3, 0.4) is 0 Å². The quantitative estimate of drug-likeness (QED) is 0.746. The number of nitrogens with zero attached hydrogens (tertiary/aromatic N) is 2. The van der Waals surface area contributed by atoms with Crippen molar-refractivity contribution in [3.63, 3.8) is 0 Å². The number of methoxy groups -OCH3 is 1. The Balaban J connectivity index is 1.53. The number of amides is 1. The fourth-order valence-electron chi connectivity index (χ4n) is 4.31. The van der Waals surface area contributed by atoms with Gasteiger partial charge in [0.25, 0.3) is 0 Å². The summed E-state index contributed by atoms with van der Waals surface area (Å²) >= 11 is 0. The third-order valence-electron chi connectivity index (χ3n) is 5.75. The summed E-state index contributed by atoms with van der Waals surface area (Å²) in [4.78, 5) is 14.7. The predicted molar refractivity (Wildman–Crippen MR) is 110 cm³/mol. The van der Waals surface area contributed by atoms with Crippen molar-refractivity contribution < 1.29 is 14.3 Å². The van der Waals surface area contributed by atoms with Crippen LogP contribution in [0.4, 0.5) is 4.79 Å². The molecule has 1 saturated heterocycles. The molecule has 2 aliphatic rings. The molecule has 0 N–H and O–H groups in total. The van der Waals surface area contributed by atoms with E-state index < -0.39 is 0 Å². The molecule has 1 amide bonds. The van der Waals surface area contributed by atoms with Crippen LogP contribution in [0.25, 0.3) is 5.57 Å². The van der Waals surface area contributed by atoms with Crippen LogP contribution in [-0.4, -0.2) is 30.2 Å². The molecule has 0 saturated carbocycles. The minimum atomic E-state index is -0.240. The summed E-state index contributed by atoms with van der Waals surface area (Å²) in [6.07, 6.45) is 5.75. The summed E-state index contributed by atoms with van der Waals surface area (Å²) in [6.45, 7) is 0.291. The van der Waals surface area contributed by atoms with E-state index >= 15 is 0 Å². The highest BCUT2D eigenvalue weighted by Crippen LogP contribution is 2.38. The third kappa shape index (κ3) is 3.97. The van der Waals surface area contributed by atoms with Crippen LogP contribution in [0.1, 0.15) is 42.4 Å². The zero-order valence-corrected chi connectivity index (χ0v) is 16.5. The molecule has 2 bridgehead atoms. The summed E-state index contributed by atoms with van der Waals surface area (Å²) < 4.78 is 11.0. The van der Waals surface area contributed by atoms with E-state index in [0.717, 1.165) is 36.8 Å². The summed E-state index contributed by atoms with van der Waals surface area (Å²) in [7, 11) is 1.58. The molecule has 0 radical (unpaired) electrons. The first kappa shape index (κ1) is 19.1. The standard InChI is InChI=1S/C24H24N2O3/c1-28-23-14-18(10-11-19(23)15-25)20-12-21-8-5-9-22(13-20)26(21)24(27)29-16-17-6-3-2-4-7-17/h2-4,6-7,10-12,14,21-22H,5,8-9,13,16H2,1H3. The molecule has 2 aliphatic heterocycles. The first-order valence-electron chi connectivity index (χ1n) is 9.98. The van der Waals surface area contributed by atoms with Gasteiger partial charge in [-0.2, -0.15) is 5.26 Å². The van der Waals surface area contributed by atoms with E-state index in [1.165, 1.54) is 5.57 Å². The number of carbonyl (C=O) groups is 1. The third-order valence-corrected chi connectivity index (χ3v) is 5.75. The van der Waals surface area contributed by atoms with Crippen molar-refractivity contribution >= 4 is 11.7 Å². The average Bonchev–Trinajstić information content (AvgIpc) is 2.76. The van der Waals surface area contributed by atoms with Crippen molar-refractivity contribution in [2.75, 3.05) is 7.11 Å². The van der Waals surface area contributed by atoms with E-state index in [9.17, 15) is 10.1 Å². The first-order chi connectivity index (χ1) is 14.2. The van der Waals surface area contributed by atoms with Crippen molar-refractivity contribution in [3.05, 3.63) is 71.3 Å². The first-order valence-corrected chi connectivity index (χ1v) is 9.98. The van der Waals surface area contributed by atoms with Gasteiger partial charge in [0, 0.05) is 6.04 Å². The molecule has 0 aliphatic carbocycles. The number of benzene rings is 2. The van der Waals surface area contributed by atoms with Crippen molar-refractivity contribution in [3.8, 4) is 11.8 Å². The summed E-state index contributed by atoms with van der Waals surface area (Å²) in [6, 6.07) is 17.8. The van der Waals surface area contributed by atoms with Crippen LogP contribution in [-0.2, 0) is 11.3 Å². The SMILES string of the molecule is COc1cc(C2=CC3CCCC(C2)N3C(=O)OCc2ccccc2)ccc1C#N. The molecular weight excluding hydrogens is 364 g/mol. The molecule has 4 rings (SSSR count). The van der Waals surface area contributed by atoms with Crippen LogP contribution < -0.4 is 4.74 Å². The Morgan fingerprint density at radius 3 is 2.76 bits per heavy atom. The molecule has 148 valence electrons. The Morgan fingerprint density at radius 1 is 1.21 bits per heavy atom. The number of piperidine rings is 1. The summed E-state index contributed by atoms with van der Waals surface area (Å²) in [5.74, 6) is 0.584. The number of hydrogen-bond donors (Lipinski definition) is 0. The molecule has 0 aromatic heterocycles. The van der Waals surface area contributed by atoms with Crippen molar-refractivity contribution in [1.82, 2.24) is 4.90 Å². The lowest BCUT2D eigenvalue weighted by molar-refractivity contribution is 0.0510. The van der Waals surface area contributed by atoms with Gasteiger partial charge in [-0.1, -0.05) is 42.5 Å². The van der Waals surface area contributed by atoms with E-state index in [0.29, 0.717) is 17.9 Å². The van der Waals surface area contributed by atoms with Crippen LogP contribution in [0.2, 0.25) is 0 Å². The van der Waals surface area contributed by atoms with Gasteiger partial charge in [-0.25, -0.2) is 4.79 Å². The Bertz CT molecular complexity index is 962. The molecule has 2 atom stereocenters. The van der Waals surface area contributed by atoms with Crippen LogP contribution in [0.5, 0.6) is 5.75 Å². The zero-order chi connectivity index (χ0) is 20.2. The number of fused-ring (bicyclic) bond motifs is 2. The van der Waals surface area contributed by atoms with Gasteiger partial charge < -0.3 is 9.47 Å². The van der Waals surface area contributed by atoms with E-state index in [4.69, 9.17) is 9.47 Å². The number of rotatable bonds is 4. The van der Waals surface area contributed by atoms with Crippen LogP contribution in [0.15, 0.2) is 54.6 Å². The molecule has 2 aromatic carbocycles. The second-order valence-electron chi connectivity index (χ2n) is 7.52. The van der Waals surface area contributed by atoms with E-state index in [1.807, 2.05) is 47.4 Å². The van der Waals surface area contributed by atoms with Gasteiger partial charge in [0.1, 0.15) is 18.4 Å². The maximum absolute atomic E-state index is 12.8. The molecule has 2 aromatic rings. The van der Waals surface area contributed by atoms with E-state index in [-0.39, 0.29) is 18.2 Å². The maximum atomic E-state index is 12.8. The Labute approximate surface area is 171 Å². The Hall–Kier alpha value is -3.26. The Morgan fingerprint density at radius 2 is 2.03 bits per heavy atom. The van der Waals surface area contributed by atoms with E-state index in [1.54, 1.807) is 13.2 Å². The van der Waals surface area contributed by atoms with Gasteiger partial charge in [0.2, 0.25) is 0 Å². The fraction of sp³-hybridized carbons (Fsp3) is 0.333. The fourth-order valence-corrected chi connectivity index (χ4v) is 4.31. The van der Waals surface area contributed by atoms with Crippen molar-refractivity contribution in [2.24, 2.45) is 0 Å². The smallest absolute Gasteiger partial charge is 0.410 e. The molecule has 1 fully saturated rings. The predicted octanol–water partition coefficient (Wildman–Crippen LogP) is 4.91. The number of carbonyl (C=O) groups excluding carboxylic acids is 1. The van der Waals surface area contributed by atoms with Gasteiger partial charge in [-0.3, -0.25) is 4.90 Å². The molecular formula is C24H24N2O3. The highest BCUT2D eigenvalue weighted by atomic mass is 16.6.